The number of carboxylic acid groups (broad SMARTS) is 1. The zero-order valence-electron chi connectivity index (χ0n) is 19.4. The van der Waals surface area contributed by atoms with Crippen molar-refractivity contribution in [3.63, 3.8) is 0 Å². The van der Waals surface area contributed by atoms with Crippen LogP contribution in [0.3, 0.4) is 0 Å². The Bertz CT molecular complexity index is 1370. The highest BCUT2D eigenvalue weighted by Crippen LogP contribution is 2.48. The number of rotatable bonds is 6. The average molecular weight is 473 g/mol. The highest BCUT2D eigenvalue weighted by atomic mass is 16.5. The molecule has 2 aromatic carbocycles. The number of benzene rings is 2. The highest BCUT2D eigenvalue weighted by Gasteiger charge is 2.49. The summed E-state index contributed by atoms with van der Waals surface area (Å²) in [4.78, 5) is 29.7. The monoisotopic (exact) mass is 472 g/mol. The number of aromatic nitrogens is 2. The maximum atomic E-state index is 12.5. The molecule has 0 bridgehead atoms. The van der Waals surface area contributed by atoms with Crippen LogP contribution in [-0.4, -0.2) is 51.2 Å². The van der Waals surface area contributed by atoms with Crippen molar-refractivity contribution in [2.75, 3.05) is 13.1 Å². The van der Waals surface area contributed by atoms with Crippen molar-refractivity contribution in [1.82, 2.24) is 15.0 Å². The third-order valence-corrected chi connectivity index (χ3v) is 6.64. The lowest BCUT2D eigenvalue weighted by Crippen LogP contribution is -2.33. The summed E-state index contributed by atoms with van der Waals surface area (Å²) in [5, 5.41) is 22.9. The Balaban J connectivity index is 1.46. The van der Waals surface area contributed by atoms with Crippen molar-refractivity contribution in [1.29, 1.82) is 5.26 Å². The van der Waals surface area contributed by atoms with Crippen LogP contribution in [-0.2, 0) is 21.4 Å². The first kappa shape index (κ1) is 22.6. The molecule has 1 aliphatic carbocycles. The SMILES string of the molecule is CC(C)Oc1ccc(-c2nc(-c3cccc4c3CC[C@@]43CC(=O)N(CC(=O)O)C3)no2)cc1C#N. The number of nitrogens with zero attached hydrogens (tertiary/aromatic N) is 4. The third-order valence-electron chi connectivity index (χ3n) is 6.64. The molecule has 0 saturated carbocycles. The summed E-state index contributed by atoms with van der Waals surface area (Å²) in [5.74, 6) is 0.0826. The van der Waals surface area contributed by atoms with Crippen molar-refractivity contribution in [2.45, 2.75) is 44.6 Å². The Morgan fingerprint density at radius 2 is 2.17 bits per heavy atom. The Morgan fingerprint density at radius 1 is 1.34 bits per heavy atom. The fourth-order valence-electron chi connectivity index (χ4n) is 5.18. The van der Waals surface area contributed by atoms with E-state index in [0.717, 1.165) is 29.5 Å². The van der Waals surface area contributed by atoms with E-state index in [1.807, 2.05) is 32.0 Å². The summed E-state index contributed by atoms with van der Waals surface area (Å²) in [6, 6.07) is 13.2. The van der Waals surface area contributed by atoms with Gasteiger partial charge in [-0.15, -0.1) is 0 Å². The van der Waals surface area contributed by atoms with Gasteiger partial charge in [0.1, 0.15) is 18.4 Å². The van der Waals surface area contributed by atoms with E-state index in [9.17, 15) is 14.9 Å². The van der Waals surface area contributed by atoms with Gasteiger partial charge in [-0.2, -0.15) is 10.2 Å². The number of carbonyl (C=O) groups excluding carboxylic acids is 1. The highest BCUT2D eigenvalue weighted by molar-refractivity contribution is 5.85. The van der Waals surface area contributed by atoms with Gasteiger partial charge in [0.25, 0.3) is 5.89 Å². The molecule has 1 aromatic heterocycles. The lowest BCUT2D eigenvalue weighted by Gasteiger charge is -2.24. The van der Waals surface area contributed by atoms with Gasteiger partial charge < -0.3 is 19.3 Å². The molecule has 35 heavy (non-hydrogen) atoms. The number of ether oxygens (including phenoxy) is 1. The normalized spacial score (nSPS) is 18.8. The van der Waals surface area contributed by atoms with Gasteiger partial charge in [0, 0.05) is 29.5 Å². The smallest absolute Gasteiger partial charge is 0.323 e. The summed E-state index contributed by atoms with van der Waals surface area (Å²) in [7, 11) is 0. The molecule has 0 unspecified atom stereocenters. The summed E-state index contributed by atoms with van der Waals surface area (Å²) in [5.41, 5.74) is 3.55. The van der Waals surface area contributed by atoms with Crippen LogP contribution in [0.4, 0.5) is 0 Å². The van der Waals surface area contributed by atoms with E-state index in [0.29, 0.717) is 41.6 Å². The van der Waals surface area contributed by atoms with Crippen LogP contribution in [0.15, 0.2) is 40.9 Å². The zero-order chi connectivity index (χ0) is 24.7. The molecule has 1 N–H and O–H groups in total. The Hall–Kier alpha value is -4.19. The van der Waals surface area contributed by atoms with Gasteiger partial charge in [-0.3, -0.25) is 9.59 Å². The van der Waals surface area contributed by atoms with Crippen LogP contribution in [0.2, 0.25) is 0 Å². The number of carbonyl (C=O) groups is 2. The number of nitriles is 1. The quantitative estimate of drug-likeness (QED) is 0.576. The van der Waals surface area contributed by atoms with Gasteiger partial charge in [0.05, 0.1) is 11.7 Å². The molecule has 0 radical (unpaired) electrons. The van der Waals surface area contributed by atoms with Crippen LogP contribution in [0.5, 0.6) is 5.75 Å². The van der Waals surface area contributed by atoms with E-state index in [-0.39, 0.29) is 18.6 Å². The van der Waals surface area contributed by atoms with E-state index in [1.54, 1.807) is 18.2 Å². The molecule has 1 amide bonds. The fraction of sp³-hybridized carbons (Fsp3) is 0.346. The molecule has 9 heteroatoms. The summed E-state index contributed by atoms with van der Waals surface area (Å²) >= 11 is 0. The zero-order valence-corrected chi connectivity index (χ0v) is 19.4. The molecule has 1 spiro atoms. The van der Waals surface area contributed by atoms with Gasteiger partial charge in [0.15, 0.2) is 0 Å². The second-order valence-electron chi connectivity index (χ2n) is 9.34. The second kappa shape index (κ2) is 8.55. The van der Waals surface area contributed by atoms with Crippen LogP contribution < -0.4 is 4.74 Å². The molecule has 1 fully saturated rings. The molecule has 2 heterocycles. The number of aliphatic carboxylic acids is 1. The van der Waals surface area contributed by atoms with Crippen LogP contribution in [0.1, 0.15) is 43.4 Å². The standard InChI is InChI=1S/C26H24N4O5/c1-15(2)34-21-7-6-16(10-17(21)12-27)25-28-24(29-35-25)19-4-3-5-20-18(19)8-9-26(20)11-22(31)30(14-26)13-23(32)33/h3-7,10,15H,8-9,11,13-14H2,1-2H3,(H,32,33)/t26-/m0/s1. The van der Waals surface area contributed by atoms with Gasteiger partial charge in [-0.25, -0.2) is 0 Å². The van der Waals surface area contributed by atoms with Crippen LogP contribution in [0.25, 0.3) is 22.8 Å². The fourth-order valence-corrected chi connectivity index (χ4v) is 5.18. The molecule has 3 aromatic rings. The minimum Gasteiger partial charge on any atom is -0.490 e. The predicted octanol–water partition coefficient (Wildman–Crippen LogP) is 3.56. The largest absolute Gasteiger partial charge is 0.490 e. The molecule has 2 aliphatic rings. The van der Waals surface area contributed by atoms with E-state index in [2.05, 4.69) is 16.2 Å². The first-order valence-electron chi connectivity index (χ1n) is 11.5. The molecule has 1 saturated heterocycles. The summed E-state index contributed by atoms with van der Waals surface area (Å²) in [6.07, 6.45) is 1.74. The molecule has 1 aliphatic heterocycles. The maximum absolute atomic E-state index is 12.5. The molecule has 9 nitrogen and oxygen atoms in total. The Labute approximate surface area is 201 Å². The van der Waals surface area contributed by atoms with E-state index < -0.39 is 11.4 Å². The number of hydrogen-bond donors (Lipinski definition) is 1. The number of likely N-dealkylation sites (tertiary alicyclic amines) is 1. The molecule has 178 valence electrons. The third kappa shape index (κ3) is 4.01. The summed E-state index contributed by atoms with van der Waals surface area (Å²) in [6.45, 7) is 3.91. The molecule has 1 atom stereocenters. The lowest BCUT2D eigenvalue weighted by molar-refractivity contribution is -0.142. The van der Waals surface area contributed by atoms with Crippen LogP contribution in [0, 0.1) is 11.3 Å². The van der Waals surface area contributed by atoms with Gasteiger partial charge in [-0.05, 0) is 56.0 Å². The van der Waals surface area contributed by atoms with Crippen LogP contribution >= 0.6 is 0 Å². The van der Waals surface area contributed by atoms with Gasteiger partial charge >= 0.3 is 5.97 Å². The first-order chi connectivity index (χ1) is 16.8. The minimum absolute atomic E-state index is 0.0576. The molecular weight excluding hydrogens is 448 g/mol. The molecular formula is C26H24N4O5. The topological polar surface area (TPSA) is 130 Å². The Kier molecular flexibility index (Phi) is 5.52. The van der Waals surface area contributed by atoms with Gasteiger partial charge in [-0.1, -0.05) is 23.4 Å². The number of amides is 1. The van der Waals surface area contributed by atoms with Crippen molar-refractivity contribution in [3.05, 3.63) is 53.1 Å². The number of carboxylic acids is 1. The first-order valence-corrected chi connectivity index (χ1v) is 11.5. The predicted molar refractivity (Wildman–Crippen MR) is 124 cm³/mol. The molecule has 5 rings (SSSR count). The van der Waals surface area contributed by atoms with Crippen molar-refractivity contribution in [3.8, 4) is 34.7 Å². The maximum Gasteiger partial charge on any atom is 0.323 e. The van der Waals surface area contributed by atoms with Crippen molar-refractivity contribution < 1.29 is 24.0 Å². The summed E-state index contributed by atoms with van der Waals surface area (Å²) < 4.78 is 11.2. The lowest BCUT2D eigenvalue weighted by atomic mass is 9.80. The number of fused-ring (bicyclic) bond motifs is 2. The van der Waals surface area contributed by atoms with Gasteiger partial charge in [0.2, 0.25) is 11.7 Å². The second-order valence-corrected chi connectivity index (χ2v) is 9.34. The van der Waals surface area contributed by atoms with E-state index in [1.165, 1.54) is 4.90 Å². The van der Waals surface area contributed by atoms with Crippen molar-refractivity contribution >= 4 is 11.9 Å². The average Bonchev–Trinajstić information content (AvgIpc) is 3.52. The Morgan fingerprint density at radius 3 is 2.91 bits per heavy atom. The minimum atomic E-state index is -1.01. The van der Waals surface area contributed by atoms with Crippen molar-refractivity contribution in [2.24, 2.45) is 0 Å². The van der Waals surface area contributed by atoms with E-state index in [4.69, 9.17) is 14.4 Å². The number of hydrogen-bond acceptors (Lipinski definition) is 7. The van der Waals surface area contributed by atoms with E-state index >= 15 is 0 Å².